The minimum atomic E-state index is -3.51. The Morgan fingerprint density at radius 1 is 1.28 bits per heavy atom. The van der Waals surface area contributed by atoms with Gasteiger partial charge in [0.15, 0.2) is 0 Å². The summed E-state index contributed by atoms with van der Waals surface area (Å²) in [4.78, 5) is 11.5. The first-order valence-corrected chi connectivity index (χ1v) is 7.21. The van der Waals surface area contributed by atoms with Gasteiger partial charge in [-0.25, -0.2) is 8.42 Å². The summed E-state index contributed by atoms with van der Waals surface area (Å²) in [6, 6.07) is 8.23. The smallest absolute Gasteiger partial charge is 0.243 e. The van der Waals surface area contributed by atoms with E-state index >= 15 is 0 Å². The van der Waals surface area contributed by atoms with E-state index in [2.05, 4.69) is 0 Å². The lowest BCUT2D eigenvalue weighted by Crippen LogP contribution is -2.32. The van der Waals surface area contributed by atoms with Crippen LogP contribution >= 0.6 is 0 Å². The third-order valence-electron chi connectivity index (χ3n) is 3.33. The Morgan fingerprint density at radius 3 is 2.39 bits per heavy atom. The van der Waals surface area contributed by atoms with Crippen molar-refractivity contribution in [1.82, 2.24) is 4.31 Å². The molecule has 2 rings (SSSR count). The van der Waals surface area contributed by atoms with Gasteiger partial charge in [0, 0.05) is 13.1 Å². The van der Waals surface area contributed by atoms with Gasteiger partial charge in [-0.2, -0.15) is 4.31 Å². The minimum Gasteiger partial charge on any atom is -0.369 e. The van der Waals surface area contributed by atoms with Crippen LogP contribution < -0.4 is 5.73 Å². The second-order valence-corrected chi connectivity index (χ2v) is 6.56. The van der Waals surface area contributed by atoms with Crippen LogP contribution in [-0.2, 0) is 14.8 Å². The van der Waals surface area contributed by atoms with Crippen molar-refractivity contribution in [3.63, 3.8) is 0 Å². The SMILES string of the molecule is C[C@@H]1CN(S(=O)(=O)c2ccccc2)C[C@H]1C(N)=O. The van der Waals surface area contributed by atoms with Crippen molar-refractivity contribution in [3.05, 3.63) is 30.3 Å². The zero-order valence-corrected chi connectivity index (χ0v) is 10.9. The number of nitrogens with zero attached hydrogens (tertiary/aromatic N) is 1. The molecule has 1 aliphatic heterocycles. The van der Waals surface area contributed by atoms with Crippen molar-refractivity contribution < 1.29 is 13.2 Å². The van der Waals surface area contributed by atoms with Gasteiger partial charge in [0.2, 0.25) is 15.9 Å². The van der Waals surface area contributed by atoms with Crippen molar-refractivity contribution in [2.24, 2.45) is 17.6 Å². The summed E-state index contributed by atoms with van der Waals surface area (Å²) in [5.41, 5.74) is 5.27. The van der Waals surface area contributed by atoms with E-state index in [1.54, 1.807) is 30.3 Å². The fraction of sp³-hybridized carbons (Fsp3) is 0.417. The summed E-state index contributed by atoms with van der Waals surface area (Å²) in [5.74, 6) is -0.877. The van der Waals surface area contributed by atoms with E-state index in [4.69, 9.17) is 5.73 Å². The van der Waals surface area contributed by atoms with Gasteiger partial charge in [-0.05, 0) is 18.1 Å². The predicted molar refractivity (Wildman–Crippen MR) is 67.0 cm³/mol. The van der Waals surface area contributed by atoms with Gasteiger partial charge in [0.1, 0.15) is 0 Å². The molecule has 1 saturated heterocycles. The second kappa shape index (κ2) is 4.70. The number of carbonyl (C=O) groups excluding carboxylic acids is 1. The number of hydrogen-bond acceptors (Lipinski definition) is 3. The van der Waals surface area contributed by atoms with Crippen LogP contribution in [0.2, 0.25) is 0 Å². The number of sulfonamides is 1. The zero-order chi connectivity index (χ0) is 13.3. The lowest BCUT2D eigenvalue weighted by molar-refractivity contribution is -0.122. The molecule has 5 nitrogen and oxygen atoms in total. The first-order chi connectivity index (χ1) is 8.43. The molecule has 0 unspecified atom stereocenters. The van der Waals surface area contributed by atoms with Crippen molar-refractivity contribution >= 4 is 15.9 Å². The molecular formula is C12H16N2O3S. The largest absolute Gasteiger partial charge is 0.369 e. The third-order valence-corrected chi connectivity index (χ3v) is 5.17. The maximum absolute atomic E-state index is 12.3. The van der Waals surface area contributed by atoms with Crippen LogP contribution in [0.5, 0.6) is 0 Å². The summed E-state index contributed by atoms with van der Waals surface area (Å²) < 4.78 is 26.0. The number of hydrogen-bond donors (Lipinski definition) is 1. The quantitative estimate of drug-likeness (QED) is 0.863. The second-order valence-electron chi connectivity index (χ2n) is 4.62. The highest BCUT2D eigenvalue weighted by Gasteiger charge is 2.39. The maximum atomic E-state index is 12.3. The Morgan fingerprint density at radius 2 is 1.89 bits per heavy atom. The maximum Gasteiger partial charge on any atom is 0.243 e. The van der Waals surface area contributed by atoms with E-state index in [9.17, 15) is 13.2 Å². The summed E-state index contributed by atoms with van der Waals surface area (Å²) in [7, 11) is -3.51. The van der Waals surface area contributed by atoms with E-state index < -0.39 is 21.8 Å². The van der Waals surface area contributed by atoms with Gasteiger partial charge in [-0.3, -0.25) is 4.79 Å². The first kappa shape index (κ1) is 13.0. The molecule has 1 amide bonds. The van der Waals surface area contributed by atoms with Crippen molar-refractivity contribution in [3.8, 4) is 0 Å². The van der Waals surface area contributed by atoms with E-state index in [1.165, 1.54) is 4.31 Å². The summed E-state index contributed by atoms with van der Waals surface area (Å²) in [6.45, 7) is 2.36. The number of primary amides is 1. The lowest BCUT2D eigenvalue weighted by Gasteiger charge is -2.15. The van der Waals surface area contributed by atoms with Crippen LogP contribution in [0, 0.1) is 11.8 Å². The van der Waals surface area contributed by atoms with E-state index in [1.807, 2.05) is 6.92 Å². The van der Waals surface area contributed by atoms with E-state index in [0.717, 1.165) is 0 Å². The normalized spacial score (nSPS) is 25.2. The average molecular weight is 268 g/mol. The number of carbonyl (C=O) groups is 1. The van der Waals surface area contributed by atoms with Gasteiger partial charge < -0.3 is 5.73 Å². The summed E-state index contributed by atoms with van der Waals surface area (Å²) >= 11 is 0. The third kappa shape index (κ3) is 2.26. The molecule has 98 valence electrons. The molecule has 1 aromatic rings. The molecule has 2 N–H and O–H groups in total. The van der Waals surface area contributed by atoms with Gasteiger partial charge in [0.05, 0.1) is 10.8 Å². The molecular weight excluding hydrogens is 252 g/mol. The molecule has 0 aromatic heterocycles. The van der Waals surface area contributed by atoms with Gasteiger partial charge in [-0.15, -0.1) is 0 Å². The number of rotatable bonds is 3. The molecule has 0 spiro atoms. The highest BCUT2D eigenvalue weighted by atomic mass is 32.2. The van der Waals surface area contributed by atoms with Gasteiger partial charge in [0.25, 0.3) is 0 Å². The van der Waals surface area contributed by atoms with Gasteiger partial charge in [-0.1, -0.05) is 25.1 Å². The molecule has 6 heteroatoms. The Kier molecular flexibility index (Phi) is 3.41. The highest BCUT2D eigenvalue weighted by Crippen LogP contribution is 2.28. The molecule has 0 bridgehead atoms. The van der Waals surface area contributed by atoms with Crippen molar-refractivity contribution in [2.75, 3.05) is 13.1 Å². The zero-order valence-electron chi connectivity index (χ0n) is 10.1. The standard InChI is InChI=1S/C12H16N2O3S/c1-9-7-14(8-11(9)12(13)15)18(16,17)10-5-3-2-4-6-10/h2-6,9,11H,7-8H2,1H3,(H2,13,15)/t9-,11-/m1/s1. The molecule has 1 aromatic carbocycles. The Hall–Kier alpha value is -1.40. The van der Waals surface area contributed by atoms with Crippen LogP contribution in [0.1, 0.15) is 6.92 Å². The lowest BCUT2D eigenvalue weighted by atomic mass is 9.98. The van der Waals surface area contributed by atoms with E-state index in [0.29, 0.717) is 6.54 Å². The first-order valence-electron chi connectivity index (χ1n) is 5.77. The van der Waals surface area contributed by atoms with Crippen LogP contribution in [0.3, 0.4) is 0 Å². The molecule has 0 saturated carbocycles. The summed E-state index contributed by atoms with van der Waals surface area (Å²) in [6.07, 6.45) is 0. The number of benzene rings is 1. The molecule has 1 heterocycles. The van der Waals surface area contributed by atoms with Crippen molar-refractivity contribution in [2.45, 2.75) is 11.8 Å². The Balaban J connectivity index is 2.26. The minimum absolute atomic E-state index is 0.0408. The molecule has 2 atom stereocenters. The topological polar surface area (TPSA) is 80.5 Å². The predicted octanol–water partition coefficient (Wildman–Crippen LogP) is 0.429. The number of nitrogens with two attached hydrogens (primary N) is 1. The van der Waals surface area contributed by atoms with Crippen LogP contribution in [-0.4, -0.2) is 31.7 Å². The Labute approximate surface area is 107 Å². The fourth-order valence-electron chi connectivity index (χ4n) is 2.23. The molecule has 0 radical (unpaired) electrons. The van der Waals surface area contributed by atoms with Crippen LogP contribution in [0.25, 0.3) is 0 Å². The van der Waals surface area contributed by atoms with Crippen LogP contribution in [0.15, 0.2) is 35.2 Å². The van der Waals surface area contributed by atoms with Crippen molar-refractivity contribution in [1.29, 1.82) is 0 Å². The summed E-state index contributed by atoms with van der Waals surface area (Å²) in [5, 5.41) is 0. The highest BCUT2D eigenvalue weighted by molar-refractivity contribution is 7.89. The van der Waals surface area contributed by atoms with Crippen LogP contribution in [0.4, 0.5) is 0 Å². The molecule has 1 fully saturated rings. The van der Waals surface area contributed by atoms with E-state index in [-0.39, 0.29) is 17.4 Å². The average Bonchev–Trinajstić information content (AvgIpc) is 2.73. The molecule has 18 heavy (non-hydrogen) atoms. The molecule has 0 aliphatic carbocycles. The Bertz CT molecular complexity index is 542. The van der Waals surface area contributed by atoms with Gasteiger partial charge >= 0.3 is 0 Å². The fourth-order valence-corrected chi connectivity index (χ4v) is 3.82. The monoisotopic (exact) mass is 268 g/mol. The number of amides is 1. The molecule has 1 aliphatic rings.